The van der Waals surface area contributed by atoms with Crippen molar-refractivity contribution in [1.82, 2.24) is 5.32 Å². The predicted octanol–water partition coefficient (Wildman–Crippen LogP) is 2.92. The van der Waals surface area contributed by atoms with Crippen LogP contribution in [0.1, 0.15) is 43.5 Å². The summed E-state index contributed by atoms with van der Waals surface area (Å²) < 4.78 is 17.7. The Kier molecular flexibility index (Phi) is 5.52. The van der Waals surface area contributed by atoms with Crippen LogP contribution in [0.25, 0.3) is 0 Å². The van der Waals surface area contributed by atoms with Gasteiger partial charge in [0.05, 0.1) is 5.56 Å². The van der Waals surface area contributed by atoms with Crippen LogP contribution in [-0.4, -0.2) is 24.5 Å². The molecule has 1 aromatic carbocycles. The van der Waals surface area contributed by atoms with Crippen LogP contribution < -0.4 is 5.32 Å². The highest BCUT2D eigenvalue weighted by molar-refractivity contribution is 5.91. The van der Waals surface area contributed by atoms with Crippen molar-refractivity contribution in [2.45, 2.75) is 39.2 Å². The molecule has 1 fully saturated rings. The molecular formula is C17H22FNO3. The van der Waals surface area contributed by atoms with E-state index in [-0.39, 0.29) is 24.1 Å². The average Bonchev–Trinajstić information content (AvgIpc) is 2.50. The first kappa shape index (κ1) is 16.5. The number of carbonyl (C=O) groups is 2. The molecule has 1 N–H and O–H groups in total. The molecule has 22 heavy (non-hydrogen) atoms. The largest absolute Gasteiger partial charge is 0.452 e. The van der Waals surface area contributed by atoms with Crippen LogP contribution >= 0.6 is 0 Å². The van der Waals surface area contributed by atoms with Crippen molar-refractivity contribution < 1.29 is 18.7 Å². The van der Waals surface area contributed by atoms with E-state index in [1.54, 1.807) is 0 Å². The number of rotatable bonds is 4. The van der Waals surface area contributed by atoms with Gasteiger partial charge >= 0.3 is 5.97 Å². The van der Waals surface area contributed by atoms with E-state index in [2.05, 4.69) is 19.2 Å². The van der Waals surface area contributed by atoms with Crippen LogP contribution in [0.15, 0.2) is 24.3 Å². The van der Waals surface area contributed by atoms with E-state index >= 15 is 0 Å². The molecule has 1 aliphatic rings. The van der Waals surface area contributed by atoms with Gasteiger partial charge in [-0.2, -0.15) is 0 Å². The van der Waals surface area contributed by atoms with E-state index in [0.717, 1.165) is 12.8 Å². The van der Waals surface area contributed by atoms with Gasteiger partial charge in [-0.15, -0.1) is 0 Å². The maximum atomic E-state index is 12.8. The van der Waals surface area contributed by atoms with Gasteiger partial charge in [-0.1, -0.05) is 26.7 Å². The molecule has 3 atom stereocenters. The van der Waals surface area contributed by atoms with E-state index in [9.17, 15) is 14.0 Å². The van der Waals surface area contributed by atoms with Crippen LogP contribution in [0.4, 0.5) is 4.39 Å². The van der Waals surface area contributed by atoms with E-state index in [1.807, 2.05) is 0 Å². The standard InChI is InChI=1S/C17H22FNO3/c1-11-4-3-5-15(12(11)2)19-16(20)10-22-17(21)13-6-8-14(18)9-7-13/h6-9,11-12,15H,3-5,10H2,1-2H3,(H,19,20). The minimum absolute atomic E-state index is 0.140. The van der Waals surface area contributed by atoms with Gasteiger partial charge in [0.2, 0.25) is 0 Å². The van der Waals surface area contributed by atoms with Gasteiger partial charge < -0.3 is 10.1 Å². The van der Waals surface area contributed by atoms with E-state index in [4.69, 9.17) is 4.74 Å². The topological polar surface area (TPSA) is 55.4 Å². The van der Waals surface area contributed by atoms with Crippen LogP contribution in [0.2, 0.25) is 0 Å². The van der Waals surface area contributed by atoms with E-state index in [1.165, 1.54) is 30.7 Å². The Hall–Kier alpha value is -1.91. The zero-order valence-corrected chi connectivity index (χ0v) is 13.0. The lowest BCUT2D eigenvalue weighted by Crippen LogP contribution is -2.45. The summed E-state index contributed by atoms with van der Waals surface area (Å²) >= 11 is 0. The second-order valence-corrected chi connectivity index (χ2v) is 6.02. The van der Waals surface area contributed by atoms with Gasteiger partial charge in [-0.05, 0) is 42.5 Å². The number of benzene rings is 1. The Balaban J connectivity index is 1.80. The second-order valence-electron chi connectivity index (χ2n) is 6.02. The fraction of sp³-hybridized carbons (Fsp3) is 0.529. The third-order valence-electron chi connectivity index (χ3n) is 4.47. The van der Waals surface area contributed by atoms with Crippen molar-refractivity contribution in [2.24, 2.45) is 11.8 Å². The molecule has 1 aliphatic carbocycles. The van der Waals surface area contributed by atoms with Crippen LogP contribution in [0.3, 0.4) is 0 Å². The summed E-state index contributed by atoms with van der Waals surface area (Å²) in [5.74, 6) is -0.331. The fourth-order valence-electron chi connectivity index (χ4n) is 2.83. The molecule has 0 bridgehead atoms. The third-order valence-corrected chi connectivity index (χ3v) is 4.47. The molecule has 1 saturated carbocycles. The summed E-state index contributed by atoms with van der Waals surface area (Å²) in [7, 11) is 0. The predicted molar refractivity (Wildman–Crippen MR) is 80.8 cm³/mol. The van der Waals surface area contributed by atoms with Gasteiger partial charge in [-0.3, -0.25) is 4.79 Å². The Morgan fingerprint density at radius 1 is 1.23 bits per heavy atom. The molecule has 120 valence electrons. The van der Waals surface area contributed by atoms with Gasteiger partial charge in [-0.25, -0.2) is 9.18 Å². The Bertz CT molecular complexity index is 529. The molecule has 0 radical (unpaired) electrons. The minimum Gasteiger partial charge on any atom is -0.452 e. The highest BCUT2D eigenvalue weighted by Crippen LogP contribution is 2.29. The van der Waals surface area contributed by atoms with Crippen molar-refractivity contribution in [3.05, 3.63) is 35.6 Å². The highest BCUT2D eigenvalue weighted by atomic mass is 19.1. The minimum atomic E-state index is -0.625. The molecular weight excluding hydrogens is 285 g/mol. The smallest absolute Gasteiger partial charge is 0.338 e. The normalized spacial score (nSPS) is 24.6. The van der Waals surface area contributed by atoms with Gasteiger partial charge in [0.1, 0.15) is 5.82 Å². The Morgan fingerprint density at radius 3 is 2.59 bits per heavy atom. The molecule has 5 heteroatoms. The molecule has 0 spiro atoms. The number of hydrogen-bond acceptors (Lipinski definition) is 3. The summed E-state index contributed by atoms with van der Waals surface area (Å²) in [6.45, 7) is 4.02. The number of esters is 1. The van der Waals surface area contributed by atoms with Crippen molar-refractivity contribution in [3.63, 3.8) is 0 Å². The van der Waals surface area contributed by atoms with Gasteiger partial charge in [0.15, 0.2) is 6.61 Å². The first-order chi connectivity index (χ1) is 10.5. The van der Waals surface area contributed by atoms with Gasteiger partial charge in [0.25, 0.3) is 5.91 Å². The third kappa shape index (κ3) is 4.29. The lowest BCUT2D eigenvalue weighted by atomic mass is 9.78. The molecule has 0 saturated heterocycles. The Morgan fingerprint density at radius 2 is 1.91 bits per heavy atom. The molecule has 1 amide bonds. The van der Waals surface area contributed by atoms with Crippen molar-refractivity contribution in [3.8, 4) is 0 Å². The first-order valence-corrected chi connectivity index (χ1v) is 7.69. The van der Waals surface area contributed by atoms with E-state index in [0.29, 0.717) is 11.8 Å². The Labute approximate surface area is 130 Å². The second kappa shape index (κ2) is 7.38. The maximum Gasteiger partial charge on any atom is 0.338 e. The van der Waals surface area contributed by atoms with Crippen molar-refractivity contribution >= 4 is 11.9 Å². The van der Waals surface area contributed by atoms with E-state index < -0.39 is 11.8 Å². The molecule has 3 unspecified atom stereocenters. The lowest BCUT2D eigenvalue weighted by molar-refractivity contribution is -0.125. The molecule has 2 rings (SSSR count). The van der Waals surface area contributed by atoms with Gasteiger partial charge in [0, 0.05) is 6.04 Å². The number of nitrogens with one attached hydrogen (secondary N) is 1. The monoisotopic (exact) mass is 307 g/mol. The summed E-state index contributed by atoms with van der Waals surface area (Å²) in [6, 6.07) is 5.17. The SMILES string of the molecule is CC1CCCC(NC(=O)COC(=O)c2ccc(F)cc2)C1C. The highest BCUT2D eigenvalue weighted by Gasteiger charge is 2.28. The molecule has 4 nitrogen and oxygen atoms in total. The lowest BCUT2D eigenvalue weighted by Gasteiger charge is -2.34. The van der Waals surface area contributed by atoms with Crippen molar-refractivity contribution in [1.29, 1.82) is 0 Å². The van der Waals surface area contributed by atoms with Crippen LogP contribution in [-0.2, 0) is 9.53 Å². The average molecular weight is 307 g/mol. The van der Waals surface area contributed by atoms with Crippen LogP contribution in [0.5, 0.6) is 0 Å². The number of halogens is 1. The zero-order valence-electron chi connectivity index (χ0n) is 13.0. The number of amides is 1. The fourth-order valence-corrected chi connectivity index (χ4v) is 2.83. The number of hydrogen-bond donors (Lipinski definition) is 1. The summed E-state index contributed by atoms with van der Waals surface area (Å²) in [5.41, 5.74) is 0.230. The first-order valence-electron chi connectivity index (χ1n) is 7.69. The quantitative estimate of drug-likeness (QED) is 0.870. The van der Waals surface area contributed by atoms with Crippen LogP contribution in [0, 0.1) is 17.7 Å². The number of carbonyl (C=O) groups excluding carboxylic acids is 2. The molecule has 0 aliphatic heterocycles. The molecule has 1 aromatic rings. The summed E-state index contributed by atoms with van der Waals surface area (Å²) in [5, 5.41) is 2.94. The summed E-state index contributed by atoms with van der Waals surface area (Å²) in [4.78, 5) is 23.6. The zero-order chi connectivity index (χ0) is 16.1. The summed E-state index contributed by atoms with van der Waals surface area (Å²) in [6.07, 6.45) is 3.25. The molecule has 0 aromatic heterocycles. The number of ether oxygens (including phenoxy) is 1. The molecule has 0 heterocycles. The maximum absolute atomic E-state index is 12.8. The van der Waals surface area contributed by atoms with Crippen molar-refractivity contribution in [2.75, 3.05) is 6.61 Å².